The molecule has 1 N–H and O–H groups in total. The SMILES string of the molecule is CCCCCCCCCCCCCCCOC(=S)NC1CCS(=O)(=O)C1. The third kappa shape index (κ3) is 12.9. The molecular weight excluding hydrogens is 366 g/mol. The molecular formula is C20H39NO3S2. The molecule has 0 amide bonds. The Balaban J connectivity index is 1.80. The van der Waals surface area contributed by atoms with Gasteiger partial charge in [0.25, 0.3) is 5.17 Å². The Morgan fingerprint density at radius 3 is 1.88 bits per heavy atom. The Morgan fingerprint density at radius 1 is 0.923 bits per heavy atom. The zero-order valence-electron chi connectivity index (χ0n) is 16.6. The monoisotopic (exact) mass is 405 g/mol. The van der Waals surface area contributed by atoms with E-state index in [9.17, 15) is 8.42 Å². The van der Waals surface area contributed by atoms with E-state index in [0.717, 1.165) is 6.42 Å². The average molecular weight is 406 g/mol. The van der Waals surface area contributed by atoms with Gasteiger partial charge in [-0.2, -0.15) is 0 Å². The summed E-state index contributed by atoms with van der Waals surface area (Å²) in [5, 5.41) is 3.36. The zero-order valence-corrected chi connectivity index (χ0v) is 18.3. The Labute approximate surface area is 166 Å². The first-order valence-corrected chi connectivity index (χ1v) is 12.9. The van der Waals surface area contributed by atoms with Crippen molar-refractivity contribution in [3.63, 3.8) is 0 Å². The Morgan fingerprint density at radius 2 is 1.42 bits per heavy atom. The van der Waals surface area contributed by atoms with Crippen molar-refractivity contribution in [2.24, 2.45) is 0 Å². The summed E-state index contributed by atoms with van der Waals surface area (Å²) < 4.78 is 28.3. The molecule has 0 aromatic carbocycles. The van der Waals surface area contributed by atoms with Crippen LogP contribution in [-0.4, -0.2) is 37.7 Å². The molecule has 0 aromatic heterocycles. The molecule has 1 fully saturated rings. The summed E-state index contributed by atoms with van der Waals surface area (Å²) in [6.07, 6.45) is 17.9. The first-order chi connectivity index (χ1) is 12.5. The van der Waals surface area contributed by atoms with E-state index in [0.29, 0.717) is 18.2 Å². The topological polar surface area (TPSA) is 55.4 Å². The molecule has 4 nitrogen and oxygen atoms in total. The largest absolute Gasteiger partial charge is 0.471 e. The predicted molar refractivity (Wildman–Crippen MR) is 114 cm³/mol. The van der Waals surface area contributed by atoms with Crippen LogP contribution in [0, 0.1) is 0 Å². The van der Waals surface area contributed by atoms with Crippen LogP contribution in [0.4, 0.5) is 0 Å². The third-order valence-corrected chi connectivity index (χ3v) is 7.04. The van der Waals surface area contributed by atoms with Crippen LogP contribution in [-0.2, 0) is 14.6 Å². The average Bonchev–Trinajstić information content (AvgIpc) is 2.93. The smallest absolute Gasteiger partial charge is 0.256 e. The van der Waals surface area contributed by atoms with Crippen LogP contribution in [0.1, 0.15) is 96.8 Å². The lowest BCUT2D eigenvalue weighted by Gasteiger charge is -2.13. The van der Waals surface area contributed by atoms with Gasteiger partial charge < -0.3 is 10.1 Å². The molecule has 0 saturated carbocycles. The van der Waals surface area contributed by atoms with Crippen LogP contribution >= 0.6 is 12.2 Å². The third-order valence-electron chi connectivity index (χ3n) is 5.04. The number of hydrogen-bond acceptors (Lipinski definition) is 4. The number of nitrogens with one attached hydrogen (secondary N) is 1. The second kappa shape index (κ2) is 14.7. The molecule has 0 spiro atoms. The zero-order chi connectivity index (χ0) is 19.1. The molecule has 1 aliphatic rings. The van der Waals surface area contributed by atoms with Gasteiger partial charge in [0.1, 0.15) is 0 Å². The van der Waals surface area contributed by atoms with E-state index in [1.165, 1.54) is 77.0 Å². The number of thiocarbonyl (C=S) groups is 1. The quantitative estimate of drug-likeness (QED) is 0.301. The maximum Gasteiger partial charge on any atom is 0.256 e. The minimum atomic E-state index is -2.87. The molecule has 0 aliphatic carbocycles. The van der Waals surface area contributed by atoms with Crippen LogP contribution in [0.3, 0.4) is 0 Å². The van der Waals surface area contributed by atoms with Crippen LogP contribution in [0.25, 0.3) is 0 Å². The standard InChI is InChI=1S/C20H39NO3S2/c1-2-3-4-5-6-7-8-9-10-11-12-13-14-16-24-20(25)21-19-15-17-26(22,23)18-19/h19H,2-18H2,1H3,(H,21,25). The van der Waals surface area contributed by atoms with Crippen LogP contribution in [0.15, 0.2) is 0 Å². The number of unbranched alkanes of at least 4 members (excludes halogenated alkanes) is 12. The van der Waals surface area contributed by atoms with Crippen molar-refractivity contribution in [3.8, 4) is 0 Å². The molecule has 1 saturated heterocycles. The summed E-state index contributed by atoms with van der Waals surface area (Å²) in [4.78, 5) is 0. The molecule has 26 heavy (non-hydrogen) atoms. The molecule has 0 aromatic rings. The van der Waals surface area contributed by atoms with E-state index in [2.05, 4.69) is 12.2 Å². The predicted octanol–water partition coefficient (Wildman–Crippen LogP) is 5.16. The highest BCUT2D eigenvalue weighted by Crippen LogP contribution is 2.13. The fourth-order valence-electron chi connectivity index (χ4n) is 3.40. The van der Waals surface area contributed by atoms with Gasteiger partial charge >= 0.3 is 0 Å². The van der Waals surface area contributed by atoms with Crippen LogP contribution < -0.4 is 5.32 Å². The second-order valence-corrected chi connectivity index (χ2v) is 10.2. The highest BCUT2D eigenvalue weighted by Gasteiger charge is 2.28. The van der Waals surface area contributed by atoms with Gasteiger partial charge in [-0.15, -0.1) is 0 Å². The van der Waals surface area contributed by atoms with E-state index in [4.69, 9.17) is 17.0 Å². The number of rotatable bonds is 15. The maximum absolute atomic E-state index is 11.4. The first kappa shape index (κ1) is 23.7. The summed E-state index contributed by atoms with van der Waals surface area (Å²) in [6, 6.07) is -0.0702. The van der Waals surface area contributed by atoms with Crippen molar-refractivity contribution >= 4 is 27.2 Å². The van der Waals surface area contributed by atoms with Gasteiger partial charge in [-0.1, -0.05) is 84.0 Å². The second-order valence-electron chi connectivity index (χ2n) is 7.62. The minimum Gasteiger partial charge on any atom is -0.471 e. The highest BCUT2D eigenvalue weighted by molar-refractivity contribution is 7.91. The minimum absolute atomic E-state index is 0.0702. The van der Waals surface area contributed by atoms with Gasteiger partial charge in [-0.05, 0) is 25.1 Å². The number of hydrogen-bond donors (Lipinski definition) is 1. The molecule has 0 bridgehead atoms. The molecule has 1 rings (SSSR count). The highest BCUT2D eigenvalue weighted by atomic mass is 32.2. The summed E-state index contributed by atoms with van der Waals surface area (Å²) in [7, 11) is -2.87. The van der Waals surface area contributed by atoms with Gasteiger partial charge in [0.15, 0.2) is 9.84 Å². The number of ether oxygens (including phenoxy) is 1. The van der Waals surface area contributed by atoms with Gasteiger partial charge in [0, 0.05) is 6.04 Å². The van der Waals surface area contributed by atoms with Gasteiger partial charge in [0.2, 0.25) is 0 Å². The van der Waals surface area contributed by atoms with Crippen molar-refractivity contribution in [2.75, 3.05) is 18.1 Å². The Bertz CT molecular complexity index is 466. The maximum atomic E-state index is 11.4. The molecule has 1 heterocycles. The lowest BCUT2D eigenvalue weighted by Crippen LogP contribution is -2.35. The van der Waals surface area contributed by atoms with Crippen molar-refractivity contribution in [2.45, 2.75) is 103 Å². The summed E-state index contributed by atoms with van der Waals surface area (Å²) in [5.74, 6) is 0.432. The summed E-state index contributed by atoms with van der Waals surface area (Å²) >= 11 is 5.13. The van der Waals surface area contributed by atoms with Crippen molar-refractivity contribution in [1.82, 2.24) is 5.32 Å². The molecule has 1 unspecified atom stereocenters. The van der Waals surface area contributed by atoms with Crippen LogP contribution in [0.5, 0.6) is 0 Å². The van der Waals surface area contributed by atoms with E-state index >= 15 is 0 Å². The first-order valence-electron chi connectivity index (χ1n) is 10.7. The van der Waals surface area contributed by atoms with E-state index < -0.39 is 9.84 Å². The molecule has 1 atom stereocenters. The van der Waals surface area contributed by atoms with E-state index in [1.807, 2.05) is 0 Å². The molecule has 1 aliphatic heterocycles. The lowest BCUT2D eigenvalue weighted by atomic mass is 10.0. The Hall–Kier alpha value is -0.360. The van der Waals surface area contributed by atoms with Crippen LogP contribution in [0.2, 0.25) is 0 Å². The van der Waals surface area contributed by atoms with Gasteiger partial charge in [-0.3, -0.25) is 0 Å². The fourth-order valence-corrected chi connectivity index (χ4v) is 5.33. The van der Waals surface area contributed by atoms with Gasteiger partial charge in [0.05, 0.1) is 18.1 Å². The van der Waals surface area contributed by atoms with Crippen molar-refractivity contribution < 1.29 is 13.2 Å². The van der Waals surface area contributed by atoms with Crippen molar-refractivity contribution in [1.29, 1.82) is 0 Å². The molecule has 154 valence electrons. The summed E-state index contributed by atoms with van der Waals surface area (Å²) in [6.45, 7) is 2.89. The molecule has 0 radical (unpaired) electrons. The van der Waals surface area contributed by atoms with E-state index in [1.54, 1.807) is 0 Å². The molecule has 6 heteroatoms. The number of sulfone groups is 1. The van der Waals surface area contributed by atoms with Gasteiger partial charge in [-0.25, -0.2) is 8.42 Å². The van der Waals surface area contributed by atoms with E-state index in [-0.39, 0.29) is 17.5 Å². The normalized spacial score (nSPS) is 18.7. The lowest BCUT2D eigenvalue weighted by molar-refractivity contribution is 0.283. The summed E-state index contributed by atoms with van der Waals surface area (Å²) in [5.41, 5.74) is 0. The van der Waals surface area contributed by atoms with Crippen molar-refractivity contribution in [3.05, 3.63) is 0 Å². The fraction of sp³-hybridized carbons (Fsp3) is 0.950. The Kier molecular flexibility index (Phi) is 13.4.